The maximum Gasteiger partial charge on any atom is 0.302 e. The summed E-state index contributed by atoms with van der Waals surface area (Å²) in [4.78, 5) is 22.9. The van der Waals surface area contributed by atoms with Crippen LogP contribution < -0.4 is 5.32 Å². The van der Waals surface area contributed by atoms with E-state index in [-0.39, 0.29) is 24.5 Å². The Kier molecular flexibility index (Phi) is 7.23. The molecule has 0 fully saturated rings. The maximum atomic E-state index is 12.1. The molecule has 114 valence electrons. The second kappa shape index (κ2) is 8.95. The Labute approximate surface area is 126 Å². The molecule has 1 atom stereocenters. The van der Waals surface area contributed by atoms with Crippen LogP contribution in [-0.4, -0.2) is 24.5 Å². The zero-order chi connectivity index (χ0) is 15.7. The van der Waals surface area contributed by atoms with Crippen LogP contribution in [0.1, 0.15) is 37.6 Å². The highest BCUT2D eigenvalue weighted by molar-refractivity contribution is 5.94. The van der Waals surface area contributed by atoms with E-state index in [1.807, 2.05) is 24.3 Å². The molecule has 0 aliphatic rings. The lowest BCUT2D eigenvalue weighted by molar-refractivity contribution is -0.139. The van der Waals surface area contributed by atoms with Crippen molar-refractivity contribution in [3.63, 3.8) is 0 Å². The number of benzene rings is 1. The van der Waals surface area contributed by atoms with Gasteiger partial charge in [-0.2, -0.15) is 0 Å². The van der Waals surface area contributed by atoms with E-state index in [4.69, 9.17) is 4.74 Å². The Hall–Kier alpha value is -2.10. The molecular formula is C17H23NO3. The molecule has 0 aliphatic carbocycles. The third-order valence-corrected chi connectivity index (χ3v) is 2.83. The van der Waals surface area contributed by atoms with Crippen LogP contribution in [0.5, 0.6) is 0 Å². The summed E-state index contributed by atoms with van der Waals surface area (Å²) in [5.41, 5.74) is 0.639. The Balaban J connectivity index is 2.61. The number of hydrogen-bond acceptors (Lipinski definition) is 3. The largest absolute Gasteiger partial charge is 0.462 e. The number of ether oxygens (including phenoxy) is 1. The van der Waals surface area contributed by atoms with E-state index in [0.717, 1.165) is 6.42 Å². The lowest BCUT2D eigenvalue weighted by Crippen LogP contribution is -2.34. The zero-order valence-corrected chi connectivity index (χ0v) is 12.8. The second-order valence-electron chi connectivity index (χ2n) is 5.31. The number of carbonyl (C=O) groups excluding carboxylic acids is 2. The van der Waals surface area contributed by atoms with Gasteiger partial charge in [-0.05, 0) is 30.5 Å². The van der Waals surface area contributed by atoms with E-state index in [0.29, 0.717) is 11.5 Å². The van der Waals surface area contributed by atoms with E-state index >= 15 is 0 Å². The molecule has 0 heterocycles. The first-order valence-corrected chi connectivity index (χ1v) is 7.15. The van der Waals surface area contributed by atoms with Crippen LogP contribution in [0.15, 0.2) is 42.5 Å². The van der Waals surface area contributed by atoms with Gasteiger partial charge in [-0.15, -0.1) is 0 Å². The van der Waals surface area contributed by atoms with Crippen molar-refractivity contribution in [3.8, 4) is 0 Å². The minimum absolute atomic E-state index is 0.0757. The second-order valence-corrected chi connectivity index (χ2v) is 5.31. The van der Waals surface area contributed by atoms with Gasteiger partial charge in [-0.1, -0.05) is 38.1 Å². The van der Waals surface area contributed by atoms with Crippen LogP contribution in [0.25, 0.3) is 0 Å². The molecule has 4 heteroatoms. The molecule has 0 saturated carbocycles. The number of amides is 1. The monoisotopic (exact) mass is 289 g/mol. The summed E-state index contributed by atoms with van der Waals surface area (Å²) in [7, 11) is 0. The van der Waals surface area contributed by atoms with Crippen LogP contribution in [0, 0.1) is 5.92 Å². The minimum Gasteiger partial charge on any atom is -0.462 e. The highest BCUT2D eigenvalue weighted by atomic mass is 16.5. The van der Waals surface area contributed by atoms with Gasteiger partial charge >= 0.3 is 5.97 Å². The zero-order valence-electron chi connectivity index (χ0n) is 12.8. The van der Waals surface area contributed by atoms with Gasteiger partial charge in [-0.3, -0.25) is 9.59 Å². The molecule has 4 nitrogen and oxygen atoms in total. The molecule has 0 aliphatic heterocycles. The van der Waals surface area contributed by atoms with Crippen LogP contribution >= 0.6 is 0 Å². The number of esters is 1. The highest BCUT2D eigenvalue weighted by Crippen LogP contribution is 2.08. The van der Waals surface area contributed by atoms with Crippen molar-refractivity contribution in [2.75, 3.05) is 6.61 Å². The van der Waals surface area contributed by atoms with Gasteiger partial charge in [0.15, 0.2) is 0 Å². The minimum atomic E-state index is -0.312. The van der Waals surface area contributed by atoms with Gasteiger partial charge in [0.25, 0.3) is 5.91 Å². The maximum absolute atomic E-state index is 12.1. The first-order chi connectivity index (χ1) is 9.99. The molecular weight excluding hydrogens is 266 g/mol. The Morgan fingerprint density at radius 3 is 2.48 bits per heavy atom. The summed E-state index contributed by atoms with van der Waals surface area (Å²) in [6, 6.07) is 9.04. The number of hydrogen-bond donors (Lipinski definition) is 1. The molecule has 0 aromatic heterocycles. The van der Waals surface area contributed by atoms with Crippen LogP contribution in [0.2, 0.25) is 0 Å². The third-order valence-electron chi connectivity index (χ3n) is 2.83. The average Bonchev–Trinajstić information content (AvgIpc) is 2.43. The molecule has 0 saturated heterocycles. The fourth-order valence-electron chi connectivity index (χ4n) is 1.92. The molecule has 1 aromatic carbocycles. The first kappa shape index (κ1) is 17.0. The summed E-state index contributed by atoms with van der Waals surface area (Å²) < 4.78 is 4.85. The first-order valence-electron chi connectivity index (χ1n) is 7.15. The smallest absolute Gasteiger partial charge is 0.302 e. The summed E-state index contributed by atoms with van der Waals surface area (Å²) in [6.45, 7) is 5.80. The molecule has 1 rings (SSSR count). The lowest BCUT2D eigenvalue weighted by atomic mass is 10.0. The van der Waals surface area contributed by atoms with Crippen molar-refractivity contribution in [2.45, 2.75) is 33.2 Å². The molecule has 0 bridgehead atoms. The van der Waals surface area contributed by atoms with E-state index in [1.165, 1.54) is 6.92 Å². The topological polar surface area (TPSA) is 55.4 Å². The molecule has 1 aromatic rings. The van der Waals surface area contributed by atoms with Gasteiger partial charge in [0, 0.05) is 18.5 Å². The molecule has 1 amide bonds. The highest BCUT2D eigenvalue weighted by Gasteiger charge is 2.12. The Bertz CT molecular complexity index is 480. The SMILES string of the molecule is CC(=O)OCC=CC(CC(C)C)NC(=O)c1ccccc1. The van der Waals surface area contributed by atoms with Gasteiger partial charge in [0.05, 0.1) is 0 Å². The summed E-state index contributed by atoms with van der Waals surface area (Å²) in [5, 5.41) is 2.99. The molecule has 1 N–H and O–H groups in total. The normalized spacial score (nSPS) is 12.4. The van der Waals surface area contributed by atoms with Crippen molar-refractivity contribution in [3.05, 3.63) is 48.0 Å². The number of rotatable bonds is 7. The van der Waals surface area contributed by atoms with Gasteiger partial charge < -0.3 is 10.1 Å². The third kappa shape index (κ3) is 7.30. The molecule has 1 unspecified atom stereocenters. The van der Waals surface area contributed by atoms with Gasteiger partial charge in [-0.25, -0.2) is 0 Å². The van der Waals surface area contributed by atoms with Gasteiger partial charge in [0.1, 0.15) is 6.61 Å². The van der Waals surface area contributed by atoms with Crippen molar-refractivity contribution in [1.82, 2.24) is 5.32 Å². The van der Waals surface area contributed by atoms with Crippen molar-refractivity contribution < 1.29 is 14.3 Å². The predicted molar refractivity (Wildman–Crippen MR) is 82.9 cm³/mol. The molecule has 0 radical (unpaired) electrons. The van der Waals surface area contributed by atoms with E-state index < -0.39 is 0 Å². The average molecular weight is 289 g/mol. The molecule has 21 heavy (non-hydrogen) atoms. The number of nitrogens with one attached hydrogen (secondary N) is 1. The fraction of sp³-hybridized carbons (Fsp3) is 0.412. The van der Waals surface area contributed by atoms with Crippen molar-refractivity contribution in [1.29, 1.82) is 0 Å². The van der Waals surface area contributed by atoms with Gasteiger partial charge in [0.2, 0.25) is 0 Å². The summed E-state index contributed by atoms with van der Waals surface area (Å²) >= 11 is 0. The van der Waals surface area contributed by atoms with E-state index in [1.54, 1.807) is 18.2 Å². The summed E-state index contributed by atoms with van der Waals surface area (Å²) in [5.74, 6) is 0.0382. The van der Waals surface area contributed by atoms with Crippen molar-refractivity contribution >= 4 is 11.9 Å². The van der Waals surface area contributed by atoms with Crippen LogP contribution in [0.3, 0.4) is 0 Å². The quantitative estimate of drug-likeness (QED) is 0.620. The molecule has 0 spiro atoms. The van der Waals surface area contributed by atoms with E-state index in [9.17, 15) is 9.59 Å². The Morgan fingerprint density at radius 1 is 1.24 bits per heavy atom. The lowest BCUT2D eigenvalue weighted by Gasteiger charge is -2.17. The number of carbonyl (C=O) groups is 2. The van der Waals surface area contributed by atoms with Crippen LogP contribution in [0.4, 0.5) is 0 Å². The van der Waals surface area contributed by atoms with Crippen LogP contribution in [-0.2, 0) is 9.53 Å². The van der Waals surface area contributed by atoms with Crippen molar-refractivity contribution in [2.24, 2.45) is 5.92 Å². The Morgan fingerprint density at radius 2 is 1.90 bits per heavy atom. The predicted octanol–water partition coefficient (Wildman–Crippen LogP) is 2.95. The standard InChI is InChI=1S/C17H23NO3/c1-13(2)12-16(10-7-11-21-14(3)19)18-17(20)15-8-5-4-6-9-15/h4-10,13,16H,11-12H2,1-3H3,(H,18,20). The summed E-state index contributed by atoms with van der Waals surface area (Å²) in [6.07, 6.45) is 4.47. The fourth-order valence-corrected chi connectivity index (χ4v) is 1.92. The van der Waals surface area contributed by atoms with E-state index in [2.05, 4.69) is 19.2 Å².